The molecule has 0 amide bonds. The fraction of sp³-hybridized carbons (Fsp3) is 0.294. The summed E-state index contributed by atoms with van der Waals surface area (Å²) >= 11 is 0. The van der Waals surface area contributed by atoms with Crippen molar-refractivity contribution in [1.82, 2.24) is 15.2 Å². The van der Waals surface area contributed by atoms with Gasteiger partial charge in [-0.05, 0) is 37.5 Å². The minimum atomic E-state index is -0.545. The topological polar surface area (TPSA) is 99.9 Å². The molecule has 0 saturated heterocycles. The van der Waals surface area contributed by atoms with Gasteiger partial charge in [-0.3, -0.25) is 5.10 Å². The van der Waals surface area contributed by atoms with E-state index in [9.17, 15) is 9.50 Å². The number of nitrogen functional groups attached to an aromatic ring is 1. The summed E-state index contributed by atoms with van der Waals surface area (Å²) < 4.78 is 14.5. The highest BCUT2D eigenvalue weighted by Gasteiger charge is 2.25. The molecule has 124 valence electrons. The van der Waals surface area contributed by atoms with Crippen molar-refractivity contribution < 1.29 is 9.50 Å². The van der Waals surface area contributed by atoms with Crippen LogP contribution in [0.15, 0.2) is 30.5 Å². The molecular formula is C17H18FN5O. The van der Waals surface area contributed by atoms with Gasteiger partial charge in [-0.1, -0.05) is 6.07 Å². The maximum Gasteiger partial charge on any atom is 0.188 e. The Morgan fingerprint density at radius 3 is 2.88 bits per heavy atom. The van der Waals surface area contributed by atoms with Crippen molar-refractivity contribution in [3.05, 3.63) is 36.3 Å². The number of anilines is 2. The monoisotopic (exact) mass is 327 g/mol. The van der Waals surface area contributed by atoms with Crippen LogP contribution in [0.1, 0.15) is 19.3 Å². The zero-order chi connectivity index (χ0) is 16.7. The van der Waals surface area contributed by atoms with Crippen LogP contribution in [0.25, 0.3) is 22.2 Å². The zero-order valence-corrected chi connectivity index (χ0v) is 13.0. The number of H-pyrrole nitrogens is 1. The third-order valence-corrected chi connectivity index (χ3v) is 4.50. The Morgan fingerprint density at radius 1 is 1.29 bits per heavy atom. The predicted octanol–water partition coefficient (Wildman–Crippen LogP) is 2.67. The molecule has 0 bridgehead atoms. The lowest BCUT2D eigenvalue weighted by molar-refractivity contribution is 0.182. The van der Waals surface area contributed by atoms with E-state index in [1.165, 1.54) is 0 Å². The van der Waals surface area contributed by atoms with Crippen molar-refractivity contribution in [1.29, 1.82) is 0 Å². The van der Waals surface area contributed by atoms with E-state index in [2.05, 4.69) is 20.5 Å². The van der Waals surface area contributed by atoms with Gasteiger partial charge < -0.3 is 16.2 Å². The van der Waals surface area contributed by atoms with Crippen molar-refractivity contribution in [2.75, 3.05) is 11.1 Å². The van der Waals surface area contributed by atoms with Gasteiger partial charge in [0.15, 0.2) is 11.6 Å². The summed E-state index contributed by atoms with van der Waals surface area (Å²) in [5.74, 6) is -0.681. The van der Waals surface area contributed by atoms with Crippen molar-refractivity contribution in [2.24, 2.45) is 0 Å². The van der Waals surface area contributed by atoms with Crippen LogP contribution in [0.3, 0.4) is 0 Å². The Labute approximate surface area is 137 Å². The van der Waals surface area contributed by atoms with Crippen LogP contribution < -0.4 is 11.1 Å². The Hall–Kier alpha value is -2.67. The number of aliphatic hydroxyl groups excluding tert-OH is 1. The second-order valence-electron chi connectivity index (χ2n) is 6.19. The number of nitrogens with two attached hydrogens (primary N) is 1. The highest BCUT2D eigenvalue weighted by Crippen LogP contribution is 2.33. The normalized spacial score (nSPS) is 20.6. The Morgan fingerprint density at radius 2 is 2.17 bits per heavy atom. The number of fused-ring (bicyclic) bond motifs is 1. The largest absolute Gasteiger partial charge is 0.393 e. The first-order chi connectivity index (χ1) is 11.6. The van der Waals surface area contributed by atoms with E-state index < -0.39 is 5.82 Å². The average Bonchev–Trinajstić information content (AvgIpc) is 3.23. The van der Waals surface area contributed by atoms with Crippen molar-refractivity contribution >= 4 is 22.4 Å². The Balaban J connectivity index is 1.78. The first-order valence-corrected chi connectivity index (χ1v) is 7.95. The molecule has 7 heteroatoms. The third-order valence-electron chi connectivity index (χ3n) is 4.50. The average molecular weight is 327 g/mol. The number of hydrogen-bond donors (Lipinski definition) is 4. The highest BCUT2D eigenvalue weighted by molar-refractivity contribution is 5.95. The first-order valence-electron chi connectivity index (χ1n) is 7.95. The summed E-state index contributed by atoms with van der Waals surface area (Å²) in [6, 6.07) is 7.43. The summed E-state index contributed by atoms with van der Waals surface area (Å²) in [5, 5.41) is 20.5. The van der Waals surface area contributed by atoms with Crippen LogP contribution in [0.5, 0.6) is 0 Å². The van der Waals surface area contributed by atoms with Crippen LogP contribution in [-0.2, 0) is 0 Å². The lowest BCUT2D eigenvalue weighted by Gasteiger charge is -2.17. The molecule has 3 aromatic rings. The summed E-state index contributed by atoms with van der Waals surface area (Å²) in [6.07, 6.45) is 3.54. The molecule has 0 radical (unpaired) electrons. The molecule has 1 aliphatic carbocycles. The number of pyridine rings is 1. The molecule has 1 saturated carbocycles. The number of nitrogens with zero attached hydrogens (tertiary/aromatic N) is 2. The zero-order valence-electron chi connectivity index (χ0n) is 13.0. The summed E-state index contributed by atoms with van der Waals surface area (Å²) in [7, 11) is 0. The van der Waals surface area contributed by atoms with E-state index >= 15 is 0 Å². The molecule has 1 aliphatic rings. The van der Waals surface area contributed by atoms with E-state index in [-0.39, 0.29) is 18.0 Å². The summed E-state index contributed by atoms with van der Waals surface area (Å²) in [5.41, 5.74) is 8.38. The van der Waals surface area contributed by atoms with Gasteiger partial charge in [0, 0.05) is 23.2 Å². The van der Waals surface area contributed by atoms with E-state index in [0.717, 1.165) is 24.1 Å². The number of aromatic nitrogens is 3. The fourth-order valence-electron chi connectivity index (χ4n) is 3.28. The van der Waals surface area contributed by atoms with Gasteiger partial charge in [-0.2, -0.15) is 5.10 Å². The second-order valence-corrected chi connectivity index (χ2v) is 6.19. The molecule has 6 nitrogen and oxygen atoms in total. The van der Waals surface area contributed by atoms with Crippen LogP contribution in [-0.4, -0.2) is 32.4 Å². The highest BCUT2D eigenvalue weighted by atomic mass is 19.1. The van der Waals surface area contributed by atoms with E-state index in [4.69, 9.17) is 5.73 Å². The van der Waals surface area contributed by atoms with Gasteiger partial charge in [0.1, 0.15) is 0 Å². The molecule has 24 heavy (non-hydrogen) atoms. The predicted molar refractivity (Wildman–Crippen MR) is 91.0 cm³/mol. The van der Waals surface area contributed by atoms with Gasteiger partial charge in [0.2, 0.25) is 0 Å². The van der Waals surface area contributed by atoms with Gasteiger partial charge >= 0.3 is 0 Å². The third kappa shape index (κ3) is 2.56. The lowest BCUT2D eigenvalue weighted by Crippen LogP contribution is -2.18. The van der Waals surface area contributed by atoms with Crippen LogP contribution >= 0.6 is 0 Å². The van der Waals surface area contributed by atoms with Crippen LogP contribution in [0.2, 0.25) is 0 Å². The number of nitrogens with one attached hydrogen (secondary N) is 2. The van der Waals surface area contributed by atoms with E-state index in [1.54, 1.807) is 6.20 Å². The van der Waals surface area contributed by atoms with Crippen molar-refractivity contribution in [2.45, 2.75) is 31.4 Å². The van der Waals surface area contributed by atoms with Crippen molar-refractivity contribution in [3.8, 4) is 11.3 Å². The fourth-order valence-corrected chi connectivity index (χ4v) is 3.28. The number of benzene rings is 1. The molecule has 2 atom stereocenters. The van der Waals surface area contributed by atoms with Gasteiger partial charge in [-0.25, -0.2) is 9.37 Å². The maximum absolute atomic E-state index is 14.5. The van der Waals surface area contributed by atoms with Gasteiger partial charge in [0.05, 0.1) is 23.0 Å². The number of aromatic amines is 1. The molecule has 2 aromatic heterocycles. The standard InChI is InChI=1S/C17H18FN5O/c18-15-16(21-10-2-3-11(24)8-10)12-4-1-9(13-5-6-20-23-13)7-14(12)22-17(15)19/h1,4-7,10-11,24H,2-3,8H2,(H,20,23)(H3,19,21,22)/t10?,11-/m0/s1. The van der Waals surface area contributed by atoms with Crippen LogP contribution in [0, 0.1) is 5.82 Å². The minimum Gasteiger partial charge on any atom is -0.393 e. The van der Waals surface area contributed by atoms with Gasteiger partial charge in [0.25, 0.3) is 0 Å². The molecule has 2 heterocycles. The molecular weight excluding hydrogens is 309 g/mol. The molecule has 1 unspecified atom stereocenters. The van der Waals surface area contributed by atoms with Crippen LogP contribution in [0.4, 0.5) is 15.9 Å². The number of halogens is 1. The molecule has 5 N–H and O–H groups in total. The summed E-state index contributed by atoms with van der Waals surface area (Å²) in [4.78, 5) is 4.17. The summed E-state index contributed by atoms with van der Waals surface area (Å²) in [6.45, 7) is 0. The number of hydrogen-bond acceptors (Lipinski definition) is 5. The molecule has 1 aromatic carbocycles. The molecule has 1 fully saturated rings. The quantitative estimate of drug-likeness (QED) is 0.593. The maximum atomic E-state index is 14.5. The lowest BCUT2D eigenvalue weighted by atomic mass is 10.1. The minimum absolute atomic E-state index is 0.0329. The van der Waals surface area contributed by atoms with E-state index in [1.807, 2.05) is 24.3 Å². The number of aliphatic hydroxyl groups is 1. The smallest absolute Gasteiger partial charge is 0.188 e. The Bertz CT molecular complexity index is 880. The second kappa shape index (κ2) is 5.76. The number of rotatable bonds is 3. The molecule has 0 aliphatic heterocycles. The molecule has 4 rings (SSSR count). The van der Waals surface area contributed by atoms with Gasteiger partial charge in [-0.15, -0.1) is 0 Å². The Kier molecular flexibility index (Phi) is 3.57. The SMILES string of the molecule is Nc1nc2cc(-c3cc[nH]n3)ccc2c(NC2CC[C@H](O)C2)c1F. The molecule has 0 spiro atoms. The van der Waals surface area contributed by atoms with Crippen molar-refractivity contribution in [3.63, 3.8) is 0 Å². The first kappa shape index (κ1) is 14.9. The van der Waals surface area contributed by atoms with E-state index in [0.29, 0.717) is 23.0 Å².